The van der Waals surface area contributed by atoms with E-state index >= 15 is 0 Å². The molecule has 3 aromatic heterocycles. The molecule has 0 radical (unpaired) electrons. The molecule has 620 valence electrons. The third kappa shape index (κ3) is 12.2. The third-order valence-electron chi connectivity index (χ3n) is 32.9. The summed E-state index contributed by atoms with van der Waals surface area (Å²) in [6.45, 7) is 26.9. The van der Waals surface area contributed by atoms with Gasteiger partial charge in [0.25, 0.3) is 0 Å². The van der Waals surface area contributed by atoms with Crippen molar-refractivity contribution in [2.24, 2.45) is 85.8 Å². The summed E-state index contributed by atoms with van der Waals surface area (Å²) in [5.41, 5.74) is 12.1. The van der Waals surface area contributed by atoms with Crippen LogP contribution in [0.4, 0.5) is 0 Å². The van der Waals surface area contributed by atoms with E-state index in [0.29, 0.717) is 50.5 Å². The van der Waals surface area contributed by atoms with Crippen molar-refractivity contribution in [1.29, 1.82) is 0 Å². The zero-order valence-corrected chi connectivity index (χ0v) is 66.8. The SMILES string of the molecule is C.C.C.C=C.C=Cc1ccc(-n2cc3c(n2)C=C2CC[C@@H]4[C@H]([C@@H](O)C[C@@]5(C)[C@H]4CC[C@@]54OCOC45COCO5)[C@@]2(C)C3)cc1.CCc1ccc(-n2cc3c(n2)C=C2CC[C@@H]4[C@H]([C@@H](O)C[C@@]5(C)[C@H]4CC[C@]5(O)C(=O)CO)[C@@]2(C)C3)cc1.Cc1ccc(-n2ncc3c2C=C2CC[C@@H]4[C@H]([C@@H](O)C[C@@]5(C)[C@H]4CC[C@]5(O)C(=O)CO)[C@@]2(C)C3)cc1. The van der Waals surface area contributed by atoms with Crippen LogP contribution in [0, 0.1) is 92.7 Å². The maximum Gasteiger partial charge on any atom is 0.226 e. The van der Waals surface area contributed by atoms with Crippen LogP contribution in [-0.4, -0.2) is 151 Å². The summed E-state index contributed by atoms with van der Waals surface area (Å²) < 4.78 is 30.5. The minimum absolute atomic E-state index is 0. The fourth-order valence-electron chi connectivity index (χ4n) is 27.5. The van der Waals surface area contributed by atoms with Crippen molar-refractivity contribution >= 4 is 35.9 Å². The highest BCUT2D eigenvalue weighted by Crippen LogP contribution is 2.74. The Morgan fingerprint density at radius 2 is 0.974 bits per heavy atom. The molecule has 6 aromatic rings. The highest BCUT2D eigenvalue weighted by Gasteiger charge is 2.77. The number of allylic oxidation sites excluding steroid dienone is 3. The lowest BCUT2D eigenvalue weighted by molar-refractivity contribution is -0.257. The van der Waals surface area contributed by atoms with Crippen LogP contribution in [0.25, 0.3) is 41.4 Å². The molecule has 115 heavy (non-hydrogen) atoms. The molecule has 5 heterocycles. The van der Waals surface area contributed by atoms with Crippen molar-refractivity contribution in [3.63, 3.8) is 0 Å². The minimum atomic E-state index is -1.55. The van der Waals surface area contributed by atoms with Crippen molar-refractivity contribution in [3.05, 3.63) is 178 Å². The number of benzene rings is 3. The summed E-state index contributed by atoms with van der Waals surface area (Å²) in [4.78, 5) is 25.3. The van der Waals surface area contributed by atoms with Crippen molar-refractivity contribution in [2.75, 3.05) is 33.4 Å². The molecule has 3 aromatic carbocycles. The molecule has 19 heteroatoms. The Hall–Kier alpha value is -7.11. The van der Waals surface area contributed by atoms with Crippen LogP contribution in [0.3, 0.4) is 0 Å². The Bertz CT molecular complexity index is 4760. The second-order valence-corrected chi connectivity index (χ2v) is 37.5. The van der Waals surface area contributed by atoms with E-state index in [1.807, 2.05) is 40.2 Å². The molecule has 0 amide bonds. The lowest BCUT2D eigenvalue weighted by atomic mass is 9.45. The number of ether oxygens (including phenoxy) is 4. The van der Waals surface area contributed by atoms with Crippen molar-refractivity contribution in [2.45, 2.75) is 241 Å². The summed E-state index contributed by atoms with van der Waals surface area (Å²) in [7, 11) is 0. The Kier molecular flexibility index (Phi) is 22.2. The minimum Gasteiger partial charge on any atom is -0.393 e. The molecule has 1 unspecified atom stereocenters. The molecule has 2 saturated heterocycles. The van der Waals surface area contributed by atoms with Gasteiger partial charge in [-0.25, -0.2) is 14.0 Å². The number of hydrogen-bond donors (Lipinski definition) is 7. The normalized spacial score (nSPS) is 39.3. The number of fused-ring (bicyclic) bond motifs is 20. The maximum absolute atomic E-state index is 12.6. The van der Waals surface area contributed by atoms with Gasteiger partial charge in [-0.3, -0.25) is 9.59 Å². The average Bonchev–Trinajstić information content (AvgIpc) is 1.53. The molecule has 7 N–H and O–H groups in total. The highest BCUT2D eigenvalue weighted by molar-refractivity contribution is 5.90. The first-order valence-corrected chi connectivity index (χ1v) is 41.6. The zero-order valence-electron chi connectivity index (χ0n) is 66.8. The number of aliphatic hydroxyl groups excluding tert-OH is 5. The molecular formula is C96H128N6O13. The van der Waals surface area contributed by atoms with Gasteiger partial charge in [0.05, 0.1) is 58.7 Å². The standard InChI is InChI=1S/C32H38N2O5.C30H38N2O4.C29H36N2O4.C2H4.3CH4/c1-4-20-5-8-23(9-6-20)34-16-21-14-29(2)22(13-26(21)33-34)7-10-24-25-11-12-31(30(25,3)15-27(35)28(24)29)32(39-19-37-31)17-36-18-38-32;1-4-18-5-8-21(9-6-18)32-16-19-14-28(2)20(13-24(19)31-32)7-10-22-23-11-12-30(36,26(35)17-33)29(23,3)15-25(34)27(22)28;1-17-4-7-20(8-5-17)31-23-12-19-6-9-21-22-10-11-29(35,25(34)16-32)28(22,3)14-24(33)26(21)27(19,2)13-18(23)15-30-31;1-2;;;/h4-6,8-9,13,16,24-25,27-28,35H,1,7,10-12,14-15,17-19H2,2-3H3;5-6,8-9,13,16,22-23,25,27,33-34,36H,4,7,10-12,14-15,17H2,1-3H3;4-5,7-8,12,15,21-22,24,26,32-33,35H,6,9-11,13-14,16H2,1-3H3;1-2H2;3*1H4/t24-,25-,27-,28+,29-,30-,31+,32?;22-,23-,25-,27+,28-,29-,30-;21-,22-,24-,26+,27-,28-,29-;;;;/m000..../s1. The predicted molar refractivity (Wildman–Crippen MR) is 447 cm³/mol. The molecule has 14 aliphatic rings. The van der Waals surface area contributed by atoms with Crippen molar-refractivity contribution < 1.29 is 64.3 Å². The predicted octanol–water partition coefficient (Wildman–Crippen LogP) is 15.3. The summed E-state index contributed by atoms with van der Waals surface area (Å²) in [6.07, 6.45) is 28.6. The summed E-state index contributed by atoms with van der Waals surface area (Å²) in [5, 5.41) is 92.0. The number of aryl methyl sites for hydroxylation is 2. The number of Topliss-reactive ketones (excluding diaryl/α,β-unsaturated/α-hetero) is 2. The van der Waals surface area contributed by atoms with E-state index in [0.717, 1.165) is 130 Å². The number of aliphatic hydroxyl groups is 7. The van der Waals surface area contributed by atoms with Crippen LogP contribution in [0.2, 0.25) is 0 Å². The van der Waals surface area contributed by atoms with E-state index in [4.69, 9.17) is 34.2 Å². The van der Waals surface area contributed by atoms with Crippen LogP contribution in [-0.2, 0) is 54.2 Å². The van der Waals surface area contributed by atoms with Gasteiger partial charge in [0.15, 0.2) is 25.2 Å². The van der Waals surface area contributed by atoms with Crippen LogP contribution < -0.4 is 0 Å². The average molecular weight is 1570 g/mol. The fraction of sp³-hybridized carbons (Fsp3) is 0.594. The quantitative estimate of drug-likeness (QED) is 0.0663. The van der Waals surface area contributed by atoms with Gasteiger partial charge in [0.2, 0.25) is 5.79 Å². The van der Waals surface area contributed by atoms with E-state index in [9.17, 15) is 45.3 Å². The molecule has 2 aliphatic heterocycles. The lowest BCUT2D eigenvalue weighted by Gasteiger charge is -2.61. The number of ketones is 2. The smallest absolute Gasteiger partial charge is 0.226 e. The molecule has 9 saturated carbocycles. The first kappa shape index (κ1) is 84.3. The van der Waals surface area contributed by atoms with E-state index in [-0.39, 0.29) is 99.0 Å². The van der Waals surface area contributed by atoms with E-state index in [1.54, 1.807) is 0 Å². The number of rotatable bonds is 9. The summed E-state index contributed by atoms with van der Waals surface area (Å²) in [5.74, 6) is 0.150. The van der Waals surface area contributed by atoms with Gasteiger partial charge in [0, 0.05) is 28.6 Å². The van der Waals surface area contributed by atoms with E-state index < -0.39 is 76.5 Å². The number of carbonyl (C=O) groups excluding carboxylic acids is 2. The molecular weight excluding hydrogens is 1450 g/mol. The van der Waals surface area contributed by atoms with E-state index in [2.05, 4.69) is 165 Å². The maximum atomic E-state index is 12.6. The topological polar surface area (TPSA) is 266 Å². The van der Waals surface area contributed by atoms with Gasteiger partial charge in [-0.1, -0.05) is 142 Å². The highest BCUT2D eigenvalue weighted by atomic mass is 16.9. The zero-order chi connectivity index (χ0) is 78.8. The van der Waals surface area contributed by atoms with E-state index in [1.165, 1.54) is 44.5 Å². The van der Waals surface area contributed by atoms with Crippen LogP contribution >= 0.6 is 0 Å². The van der Waals surface area contributed by atoms with Gasteiger partial charge in [0.1, 0.15) is 36.6 Å². The number of hydrogen-bond acceptors (Lipinski definition) is 16. The van der Waals surface area contributed by atoms with Crippen LogP contribution in [0.5, 0.6) is 0 Å². The van der Waals surface area contributed by atoms with Crippen LogP contribution in [0.1, 0.15) is 218 Å². The second kappa shape index (κ2) is 30.3. The van der Waals surface area contributed by atoms with Gasteiger partial charge in [-0.15, -0.1) is 13.2 Å². The molecule has 19 nitrogen and oxygen atoms in total. The molecule has 22 atom stereocenters. The third-order valence-corrected chi connectivity index (χ3v) is 32.9. The molecule has 0 bridgehead atoms. The second-order valence-electron chi connectivity index (χ2n) is 37.5. The first-order chi connectivity index (χ1) is 53.6. The number of nitrogens with zero attached hydrogens (tertiary/aromatic N) is 6. The Labute approximate surface area is 681 Å². The number of carbonyl (C=O) groups is 2. The molecule has 11 fully saturated rings. The van der Waals surface area contributed by atoms with Gasteiger partial charge in [-0.2, -0.15) is 15.3 Å². The number of aromatic nitrogens is 6. The summed E-state index contributed by atoms with van der Waals surface area (Å²) in [6, 6.07) is 25.3. The molecule has 12 aliphatic carbocycles. The van der Waals surface area contributed by atoms with Gasteiger partial charge < -0.3 is 54.7 Å². The Balaban J connectivity index is 0.000000139. The monoisotopic (exact) mass is 1570 g/mol. The first-order valence-electron chi connectivity index (χ1n) is 41.6. The Morgan fingerprint density at radius 1 is 0.548 bits per heavy atom. The van der Waals surface area contributed by atoms with Crippen molar-refractivity contribution in [1.82, 2.24) is 29.3 Å². The lowest BCUT2D eigenvalue weighted by Crippen LogP contribution is -2.66. The molecule has 20 rings (SSSR count). The van der Waals surface area contributed by atoms with Crippen LogP contribution in [0.15, 0.2) is 128 Å². The fourth-order valence-corrected chi connectivity index (χ4v) is 27.5. The van der Waals surface area contributed by atoms with Gasteiger partial charge in [-0.05, 0) is 281 Å². The largest absolute Gasteiger partial charge is 0.393 e. The molecule has 2 spiro atoms. The van der Waals surface area contributed by atoms with Gasteiger partial charge >= 0.3 is 0 Å². The van der Waals surface area contributed by atoms with Crippen molar-refractivity contribution in [3.8, 4) is 17.1 Å². The summed E-state index contributed by atoms with van der Waals surface area (Å²) >= 11 is 0. The Morgan fingerprint density at radius 3 is 1.43 bits per heavy atom.